The van der Waals surface area contributed by atoms with Gasteiger partial charge in [0.1, 0.15) is 5.75 Å². The number of rotatable bonds is 1. The normalized spacial score (nSPS) is 36.8. The molecule has 0 spiro atoms. The van der Waals surface area contributed by atoms with Crippen molar-refractivity contribution in [2.45, 2.75) is 28.5 Å². The van der Waals surface area contributed by atoms with Crippen molar-refractivity contribution in [3.8, 4) is 5.75 Å². The highest BCUT2D eigenvalue weighted by Crippen LogP contribution is 2.65. The molecule has 2 aliphatic carbocycles. The van der Waals surface area contributed by atoms with Crippen molar-refractivity contribution in [1.82, 2.24) is 9.80 Å². The first-order valence-corrected chi connectivity index (χ1v) is 11.4. The number of halogens is 2. The first-order valence-electron chi connectivity index (χ1n) is 10.6. The molecule has 178 valence electrons. The SMILES string of the molecule is COC(=O)N1C(=O)[C@H]2[C@H](CC=C3[C@H]2C[C@@]2(Cl)C(=O)N(C)C(=O)[C@@]2(Cl)[C@H]3c2ccc(O)cc2)C1=O. The average molecular weight is 507 g/mol. The summed E-state index contributed by atoms with van der Waals surface area (Å²) < 4.78 is 4.62. The van der Waals surface area contributed by atoms with Crippen molar-refractivity contribution in [1.29, 1.82) is 0 Å². The second kappa shape index (κ2) is 7.29. The largest absolute Gasteiger partial charge is 0.508 e. The van der Waals surface area contributed by atoms with E-state index >= 15 is 0 Å². The second-order valence-corrected chi connectivity index (χ2v) is 10.3. The van der Waals surface area contributed by atoms with Crippen LogP contribution in [-0.4, -0.2) is 68.5 Å². The minimum Gasteiger partial charge on any atom is -0.508 e. The Morgan fingerprint density at radius 3 is 2.32 bits per heavy atom. The van der Waals surface area contributed by atoms with Crippen LogP contribution in [-0.2, 0) is 23.9 Å². The molecule has 6 atom stereocenters. The molecule has 0 bridgehead atoms. The zero-order valence-electron chi connectivity index (χ0n) is 18.2. The first kappa shape index (κ1) is 22.9. The molecule has 3 fully saturated rings. The number of benzene rings is 1. The third-order valence-electron chi connectivity index (χ3n) is 7.60. The number of imide groups is 4. The Kier molecular flexibility index (Phi) is 4.90. The number of amides is 5. The fourth-order valence-electron chi connectivity index (χ4n) is 6.06. The number of methoxy groups -OCH3 is 1. The lowest BCUT2D eigenvalue weighted by molar-refractivity contribution is -0.139. The molecule has 0 unspecified atom stereocenters. The lowest BCUT2D eigenvalue weighted by atomic mass is 9.56. The monoisotopic (exact) mass is 506 g/mol. The molecule has 2 heterocycles. The van der Waals surface area contributed by atoms with Crippen LogP contribution in [0.25, 0.3) is 0 Å². The summed E-state index contributed by atoms with van der Waals surface area (Å²) in [6.45, 7) is 0. The van der Waals surface area contributed by atoms with Crippen LogP contribution < -0.4 is 0 Å². The van der Waals surface area contributed by atoms with E-state index in [9.17, 15) is 29.1 Å². The summed E-state index contributed by atoms with van der Waals surface area (Å²) in [5.41, 5.74) is 1.12. The highest BCUT2D eigenvalue weighted by atomic mass is 35.5. The van der Waals surface area contributed by atoms with E-state index in [1.54, 1.807) is 18.2 Å². The third kappa shape index (κ3) is 2.59. The van der Waals surface area contributed by atoms with Gasteiger partial charge in [0.15, 0.2) is 9.75 Å². The number of alkyl halides is 2. The first-order chi connectivity index (χ1) is 16.0. The van der Waals surface area contributed by atoms with Crippen molar-refractivity contribution in [2.75, 3.05) is 14.2 Å². The molecule has 1 aromatic carbocycles. The molecule has 4 aliphatic rings. The van der Waals surface area contributed by atoms with Crippen LogP contribution in [0.1, 0.15) is 24.3 Å². The van der Waals surface area contributed by atoms with Gasteiger partial charge in [-0.05, 0) is 36.5 Å². The van der Waals surface area contributed by atoms with Crippen LogP contribution in [0.4, 0.5) is 4.79 Å². The van der Waals surface area contributed by atoms with Crippen LogP contribution in [0, 0.1) is 17.8 Å². The van der Waals surface area contributed by atoms with Crippen molar-refractivity contribution >= 4 is 52.9 Å². The molecular formula is C23H20Cl2N2O7. The quantitative estimate of drug-likeness (QED) is 0.351. The van der Waals surface area contributed by atoms with Gasteiger partial charge < -0.3 is 9.84 Å². The Balaban J connectivity index is 1.70. The highest BCUT2D eigenvalue weighted by molar-refractivity contribution is 6.53. The molecule has 34 heavy (non-hydrogen) atoms. The average Bonchev–Trinajstić information content (AvgIpc) is 3.14. The minimum absolute atomic E-state index is 0.00853. The van der Waals surface area contributed by atoms with Gasteiger partial charge in [-0.3, -0.25) is 24.1 Å². The minimum atomic E-state index is -1.89. The molecule has 5 amide bonds. The number of allylic oxidation sites excluding steroid dienone is 2. The number of fused-ring (bicyclic) bond motifs is 4. The summed E-state index contributed by atoms with van der Waals surface area (Å²) in [5, 5.41) is 9.78. The van der Waals surface area contributed by atoms with E-state index < -0.39 is 63.1 Å². The Bertz CT molecular complexity index is 1200. The lowest BCUT2D eigenvalue weighted by Gasteiger charge is -2.50. The fourth-order valence-corrected chi connectivity index (χ4v) is 7.08. The van der Waals surface area contributed by atoms with Gasteiger partial charge in [0, 0.05) is 13.0 Å². The second-order valence-electron chi connectivity index (χ2n) is 9.07. The van der Waals surface area contributed by atoms with Crippen LogP contribution in [0.3, 0.4) is 0 Å². The predicted molar refractivity (Wildman–Crippen MR) is 118 cm³/mol. The van der Waals surface area contributed by atoms with Crippen LogP contribution in [0.5, 0.6) is 5.75 Å². The molecule has 1 N–H and O–H groups in total. The standard InChI is InChI=1S/C23H20Cl2N2O7/c1-26-19(31)22(24)9-14-12(7-8-13-15(14)18(30)27(17(13)29)21(33)34-2)16(23(22,25)20(26)32)10-3-5-11(28)6-4-10/h3-7,13-16,28H,8-9H2,1-2H3/t13-,14+,15-,16-,22+,23-/m0/s1. The van der Waals surface area contributed by atoms with E-state index in [0.717, 1.165) is 12.0 Å². The molecule has 0 radical (unpaired) electrons. The summed E-state index contributed by atoms with van der Waals surface area (Å²) in [5.74, 6) is -6.19. The smallest absolute Gasteiger partial charge is 0.423 e. The molecule has 1 saturated carbocycles. The van der Waals surface area contributed by atoms with Gasteiger partial charge in [-0.2, -0.15) is 4.90 Å². The van der Waals surface area contributed by atoms with Gasteiger partial charge in [0.05, 0.1) is 18.9 Å². The van der Waals surface area contributed by atoms with E-state index in [0.29, 0.717) is 16.0 Å². The molecule has 2 saturated heterocycles. The molecule has 5 rings (SSSR count). The maximum absolute atomic E-state index is 13.3. The third-order valence-corrected chi connectivity index (χ3v) is 9.01. The number of hydrogen-bond acceptors (Lipinski definition) is 7. The van der Waals surface area contributed by atoms with Gasteiger partial charge in [0.25, 0.3) is 11.8 Å². The Morgan fingerprint density at radius 2 is 1.71 bits per heavy atom. The van der Waals surface area contributed by atoms with Crippen LogP contribution in [0.2, 0.25) is 0 Å². The molecule has 9 nitrogen and oxygen atoms in total. The molecule has 1 aromatic rings. The maximum atomic E-state index is 13.3. The van der Waals surface area contributed by atoms with E-state index in [1.165, 1.54) is 19.2 Å². The molecular weight excluding hydrogens is 487 g/mol. The number of hydrogen-bond donors (Lipinski definition) is 1. The van der Waals surface area contributed by atoms with Crippen molar-refractivity contribution in [3.63, 3.8) is 0 Å². The number of phenolic OH excluding ortho intramolecular Hbond substituents is 1. The summed E-state index contributed by atoms with van der Waals surface area (Å²) in [6.07, 6.45) is 0.661. The van der Waals surface area contributed by atoms with E-state index in [4.69, 9.17) is 23.2 Å². The van der Waals surface area contributed by atoms with Gasteiger partial charge >= 0.3 is 6.09 Å². The number of aromatic hydroxyl groups is 1. The summed E-state index contributed by atoms with van der Waals surface area (Å²) in [4.78, 5) is 62.5. The number of carbonyl (C=O) groups excluding carboxylic acids is 5. The van der Waals surface area contributed by atoms with Gasteiger partial charge in [-0.15, -0.1) is 23.2 Å². The van der Waals surface area contributed by atoms with Crippen molar-refractivity contribution < 1.29 is 33.8 Å². The summed E-state index contributed by atoms with van der Waals surface area (Å²) in [6, 6.07) is 6.01. The number of phenols is 1. The Hall–Kier alpha value is -2.91. The summed E-state index contributed by atoms with van der Waals surface area (Å²) >= 11 is 14.0. The Labute approximate surface area is 204 Å². The van der Waals surface area contributed by atoms with E-state index in [2.05, 4.69) is 4.74 Å². The predicted octanol–water partition coefficient (Wildman–Crippen LogP) is 2.15. The maximum Gasteiger partial charge on any atom is 0.423 e. The van der Waals surface area contributed by atoms with Gasteiger partial charge in [-0.1, -0.05) is 23.8 Å². The van der Waals surface area contributed by atoms with E-state index in [-0.39, 0.29) is 18.6 Å². The van der Waals surface area contributed by atoms with Crippen LogP contribution >= 0.6 is 23.2 Å². The number of nitrogens with zero attached hydrogens (tertiary/aromatic N) is 2. The zero-order chi connectivity index (χ0) is 24.7. The summed E-state index contributed by atoms with van der Waals surface area (Å²) in [7, 11) is 2.37. The number of likely N-dealkylation sites (tertiary alicyclic amines) is 2. The fraction of sp³-hybridized carbons (Fsp3) is 0.435. The van der Waals surface area contributed by atoms with Crippen LogP contribution in [0.15, 0.2) is 35.9 Å². The molecule has 11 heteroatoms. The molecule has 2 aliphatic heterocycles. The number of ether oxygens (including phenoxy) is 1. The topological polar surface area (TPSA) is 121 Å². The number of carbonyl (C=O) groups is 5. The van der Waals surface area contributed by atoms with Crippen molar-refractivity contribution in [2.24, 2.45) is 17.8 Å². The van der Waals surface area contributed by atoms with E-state index in [1.807, 2.05) is 0 Å². The zero-order valence-corrected chi connectivity index (χ0v) is 19.7. The van der Waals surface area contributed by atoms with Crippen molar-refractivity contribution in [3.05, 3.63) is 41.5 Å². The van der Waals surface area contributed by atoms with Gasteiger partial charge in [0.2, 0.25) is 11.8 Å². The lowest BCUT2D eigenvalue weighted by Crippen LogP contribution is -2.60. The highest BCUT2D eigenvalue weighted by Gasteiger charge is 2.76. The van der Waals surface area contributed by atoms with Gasteiger partial charge in [-0.25, -0.2) is 4.79 Å². The molecule has 0 aromatic heterocycles. The Morgan fingerprint density at radius 1 is 1.06 bits per heavy atom.